The fourth-order valence-corrected chi connectivity index (χ4v) is 4.86. The Balaban J connectivity index is 2.70. The molecule has 0 fully saturated rings. The highest BCUT2D eigenvalue weighted by Crippen LogP contribution is 2.57. The lowest BCUT2D eigenvalue weighted by molar-refractivity contribution is -0.483. The molecule has 0 unspecified atom stereocenters. The molecule has 2 atom stereocenters. The van der Waals surface area contributed by atoms with Gasteiger partial charge in [0.15, 0.2) is 5.78 Å². The third-order valence-electron chi connectivity index (χ3n) is 4.44. The minimum Gasteiger partial charge on any atom is -0.496 e. The number of hydrogen-bond donors (Lipinski definition) is 0. The van der Waals surface area contributed by atoms with Crippen LogP contribution in [0.15, 0.2) is 54.6 Å². The molecule has 0 saturated carbocycles. The second-order valence-electron chi connectivity index (χ2n) is 5.94. The van der Waals surface area contributed by atoms with Crippen molar-refractivity contribution < 1.29 is 28.1 Å². The number of carbonyl (C=O) groups is 1. The van der Waals surface area contributed by atoms with Crippen molar-refractivity contribution >= 4 is 13.4 Å². The van der Waals surface area contributed by atoms with Gasteiger partial charge >= 0.3 is 7.60 Å². The van der Waals surface area contributed by atoms with Crippen LogP contribution in [0.1, 0.15) is 21.8 Å². The molecule has 0 N–H and O–H groups in total. The largest absolute Gasteiger partial charge is 0.496 e. The van der Waals surface area contributed by atoms with E-state index in [-0.39, 0.29) is 5.56 Å². The Morgan fingerprint density at radius 2 is 1.61 bits per heavy atom. The van der Waals surface area contributed by atoms with Crippen LogP contribution >= 0.6 is 7.60 Å². The number of carbonyl (C=O) groups excluding carboxylic acids is 1. The van der Waals surface area contributed by atoms with Gasteiger partial charge in [0, 0.05) is 30.3 Å². The van der Waals surface area contributed by atoms with Gasteiger partial charge in [0.25, 0.3) is 0 Å². The van der Waals surface area contributed by atoms with E-state index in [1.165, 1.54) is 7.11 Å². The molecule has 0 spiro atoms. The summed E-state index contributed by atoms with van der Waals surface area (Å²) in [5.74, 6) is -1.31. The summed E-state index contributed by atoms with van der Waals surface area (Å²) in [7, 11) is -0.304. The average molecular weight is 407 g/mol. The van der Waals surface area contributed by atoms with Gasteiger partial charge in [0.05, 0.1) is 13.0 Å². The molecule has 28 heavy (non-hydrogen) atoms. The van der Waals surface area contributed by atoms with Crippen LogP contribution in [0.4, 0.5) is 0 Å². The van der Waals surface area contributed by atoms with Crippen LogP contribution in [0, 0.1) is 10.1 Å². The topological polar surface area (TPSA) is 105 Å². The smallest absolute Gasteiger partial charge is 0.341 e. The van der Waals surface area contributed by atoms with Crippen molar-refractivity contribution in [2.24, 2.45) is 0 Å². The summed E-state index contributed by atoms with van der Waals surface area (Å²) in [6, 6.07) is 14.7. The molecular formula is C19H22NO7P. The van der Waals surface area contributed by atoms with Gasteiger partial charge in [-0.15, -0.1) is 0 Å². The Labute approximate surface area is 163 Å². The Hall–Kier alpha value is -2.54. The minimum atomic E-state index is -4.03. The van der Waals surface area contributed by atoms with E-state index in [2.05, 4.69) is 0 Å². The Morgan fingerprint density at radius 3 is 2.14 bits per heavy atom. The number of nitro groups is 1. The number of methoxy groups -OCH3 is 1. The first-order chi connectivity index (χ1) is 13.4. The maximum atomic E-state index is 13.3. The van der Waals surface area contributed by atoms with Crippen molar-refractivity contribution in [3.8, 4) is 5.75 Å². The number of hydrogen-bond acceptors (Lipinski definition) is 7. The number of benzene rings is 2. The maximum Gasteiger partial charge on any atom is 0.341 e. The van der Waals surface area contributed by atoms with Crippen LogP contribution in [0.2, 0.25) is 0 Å². The van der Waals surface area contributed by atoms with Crippen LogP contribution in [0.25, 0.3) is 0 Å². The third-order valence-corrected chi connectivity index (χ3v) is 6.74. The van der Waals surface area contributed by atoms with E-state index in [4.69, 9.17) is 13.8 Å². The molecule has 2 rings (SSSR count). The van der Waals surface area contributed by atoms with Crippen molar-refractivity contribution in [3.05, 3.63) is 75.8 Å². The van der Waals surface area contributed by atoms with Gasteiger partial charge in [0.2, 0.25) is 6.54 Å². The third kappa shape index (κ3) is 4.65. The van der Waals surface area contributed by atoms with Crippen LogP contribution in [-0.2, 0) is 13.6 Å². The van der Waals surface area contributed by atoms with E-state index in [9.17, 15) is 19.5 Å². The molecule has 0 bridgehead atoms. The summed E-state index contributed by atoms with van der Waals surface area (Å²) in [6.45, 7) is -0.652. The standard InChI is InChI=1S/C19H22NO7P/c1-25-17-12-8-7-11-15(17)16(13-20(22)23)19(28(24,26-2)27-3)18(21)14-9-5-4-6-10-14/h4-12,16,19H,13H2,1-3H3/t16-,19-/m1/s1. The molecule has 0 aromatic heterocycles. The van der Waals surface area contributed by atoms with Gasteiger partial charge in [-0.05, 0) is 6.07 Å². The first kappa shape index (κ1) is 21.8. The molecule has 2 aromatic rings. The van der Waals surface area contributed by atoms with Gasteiger partial charge in [-0.1, -0.05) is 48.5 Å². The lowest BCUT2D eigenvalue weighted by atomic mass is 9.90. The van der Waals surface area contributed by atoms with E-state index in [0.717, 1.165) is 14.2 Å². The summed E-state index contributed by atoms with van der Waals surface area (Å²) in [5, 5.41) is 11.4. The predicted octanol–water partition coefficient (Wildman–Crippen LogP) is 3.79. The molecule has 0 aliphatic rings. The number of nitrogens with zero attached hydrogens (tertiary/aromatic N) is 1. The second kappa shape index (κ2) is 9.59. The van der Waals surface area contributed by atoms with Gasteiger partial charge in [0.1, 0.15) is 11.4 Å². The zero-order valence-corrected chi connectivity index (χ0v) is 16.7. The molecule has 0 aliphatic carbocycles. The number of rotatable bonds is 10. The zero-order valence-electron chi connectivity index (χ0n) is 15.8. The molecule has 150 valence electrons. The van der Waals surface area contributed by atoms with Crippen molar-refractivity contribution in [2.75, 3.05) is 27.9 Å². The molecular weight excluding hydrogens is 385 g/mol. The summed E-state index contributed by atoms with van der Waals surface area (Å²) >= 11 is 0. The van der Waals surface area contributed by atoms with Crippen molar-refractivity contribution in [3.63, 3.8) is 0 Å². The quantitative estimate of drug-likeness (QED) is 0.255. The van der Waals surface area contributed by atoms with Gasteiger partial charge in [-0.25, -0.2) is 0 Å². The zero-order chi connectivity index (χ0) is 20.7. The summed E-state index contributed by atoms with van der Waals surface area (Å²) < 4.78 is 28.8. The maximum absolute atomic E-state index is 13.3. The number of Topliss-reactive ketones (excluding diaryl/α,β-unsaturated/α-hetero) is 1. The first-order valence-electron chi connectivity index (χ1n) is 8.43. The Morgan fingerprint density at radius 1 is 1.04 bits per heavy atom. The second-order valence-corrected chi connectivity index (χ2v) is 8.31. The fourth-order valence-electron chi connectivity index (χ4n) is 3.12. The van der Waals surface area contributed by atoms with E-state index in [0.29, 0.717) is 11.3 Å². The average Bonchev–Trinajstić information content (AvgIpc) is 2.73. The van der Waals surface area contributed by atoms with E-state index >= 15 is 0 Å². The number of ether oxygens (including phenoxy) is 1. The molecule has 9 heteroatoms. The molecule has 0 radical (unpaired) electrons. The highest BCUT2D eigenvalue weighted by atomic mass is 31.2. The molecule has 0 saturated heterocycles. The van der Waals surface area contributed by atoms with Gasteiger partial charge in [-0.3, -0.25) is 19.5 Å². The van der Waals surface area contributed by atoms with Crippen molar-refractivity contribution in [2.45, 2.75) is 11.6 Å². The molecule has 0 aliphatic heterocycles. The van der Waals surface area contributed by atoms with Gasteiger partial charge in [-0.2, -0.15) is 0 Å². The summed E-state index contributed by atoms with van der Waals surface area (Å²) in [4.78, 5) is 24.2. The molecule has 0 amide bonds. The van der Waals surface area contributed by atoms with Crippen molar-refractivity contribution in [1.82, 2.24) is 0 Å². The molecule has 0 heterocycles. The Bertz CT molecular complexity index is 864. The van der Waals surface area contributed by atoms with Crippen LogP contribution in [-0.4, -0.2) is 44.2 Å². The highest BCUT2D eigenvalue weighted by Gasteiger charge is 2.48. The number of para-hydroxylation sites is 1. The lowest BCUT2D eigenvalue weighted by Gasteiger charge is -2.29. The van der Waals surface area contributed by atoms with Crippen LogP contribution in [0.3, 0.4) is 0 Å². The van der Waals surface area contributed by atoms with Gasteiger partial charge < -0.3 is 13.8 Å². The predicted molar refractivity (Wildman–Crippen MR) is 104 cm³/mol. The van der Waals surface area contributed by atoms with Crippen molar-refractivity contribution in [1.29, 1.82) is 0 Å². The fraction of sp³-hybridized carbons (Fsp3) is 0.316. The van der Waals surface area contributed by atoms with Crippen LogP contribution in [0.5, 0.6) is 5.75 Å². The van der Waals surface area contributed by atoms with E-state index in [1.807, 2.05) is 0 Å². The number of ketones is 1. The first-order valence-corrected chi connectivity index (χ1v) is 10.0. The minimum absolute atomic E-state index is 0.255. The van der Waals surface area contributed by atoms with Crippen LogP contribution < -0.4 is 4.74 Å². The SMILES string of the molecule is COc1ccccc1[C@@H](C[N+](=O)[O-])[C@H](C(=O)c1ccccc1)P(=O)(OC)OC. The molecule has 8 nitrogen and oxygen atoms in total. The Kier molecular flexibility index (Phi) is 7.45. The molecule has 2 aromatic carbocycles. The lowest BCUT2D eigenvalue weighted by Crippen LogP contribution is -2.34. The highest BCUT2D eigenvalue weighted by molar-refractivity contribution is 7.55. The van der Waals surface area contributed by atoms with E-state index in [1.54, 1.807) is 54.6 Å². The summed E-state index contributed by atoms with van der Waals surface area (Å²) in [6.07, 6.45) is 0. The van der Waals surface area contributed by atoms with E-state index < -0.39 is 36.4 Å². The summed E-state index contributed by atoms with van der Waals surface area (Å²) in [5.41, 5.74) is -0.790. The normalized spacial score (nSPS) is 13.5. The monoisotopic (exact) mass is 407 g/mol.